The predicted molar refractivity (Wildman–Crippen MR) is 181 cm³/mol. The first kappa shape index (κ1) is 38.3. The topological polar surface area (TPSA) is 296 Å². The van der Waals surface area contributed by atoms with Crippen LogP contribution in [0, 0.1) is 0 Å². The van der Waals surface area contributed by atoms with Crippen LogP contribution in [0.1, 0.15) is 12.5 Å². The van der Waals surface area contributed by atoms with E-state index in [0.717, 1.165) is 30.3 Å². The molecule has 0 bridgehead atoms. The summed E-state index contributed by atoms with van der Waals surface area (Å²) in [5.41, 5.74) is -0.977. The maximum absolute atomic E-state index is 13.9. The molecular weight excluding hydrogens is 720 g/mol. The Labute approximate surface area is 304 Å². The number of benzene rings is 3. The number of aliphatic hydroxyl groups is 5. The molecule has 2 aliphatic heterocycles. The van der Waals surface area contributed by atoms with Gasteiger partial charge in [-0.3, -0.25) is 4.79 Å². The van der Waals surface area contributed by atoms with Crippen LogP contribution < -0.4 is 10.2 Å². The van der Waals surface area contributed by atoms with Gasteiger partial charge in [-0.1, -0.05) is 12.1 Å². The van der Waals surface area contributed by atoms with Gasteiger partial charge in [-0.25, -0.2) is 4.79 Å². The lowest BCUT2D eigenvalue weighted by Gasteiger charge is -2.43. The molecule has 0 aliphatic carbocycles. The number of ether oxygens (including phenoxy) is 5. The summed E-state index contributed by atoms with van der Waals surface area (Å²) in [7, 11) is 0. The predicted octanol–water partition coefficient (Wildman–Crippen LogP) is 0.283. The summed E-state index contributed by atoms with van der Waals surface area (Å²) < 4.78 is 34.1. The number of carbonyl (C=O) groups excluding carboxylic acids is 1. The smallest absolute Gasteiger partial charge is 0.331 e. The molecule has 0 amide bonds. The number of aromatic hydroxyl groups is 5. The van der Waals surface area contributed by atoms with Crippen LogP contribution in [-0.4, -0.2) is 125 Å². The summed E-state index contributed by atoms with van der Waals surface area (Å²) in [6, 6.07) is 10.9. The van der Waals surface area contributed by atoms with Gasteiger partial charge in [0.05, 0.1) is 12.7 Å². The van der Waals surface area contributed by atoms with Crippen molar-refractivity contribution in [2.75, 3.05) is 6.61 Å². The van der Waals surface area contributed by atoms with Crippen LogP contribution in [-0.2, 0) is 23.7 Å². The van der Waals surface area contributed by atoms with Gasteiger partial charge in [0.15, 0.2) is 29.7 Å². The first-order valence-electron chi connectivity index (χ1n) is 16.3. The average molecular weight is 757 g/mol. The minimum Gasteiger partial charge on any atom is -0.508 e. The van der Waals surface area contributed by atoms with Crippen molar-refractivity contribution in [2.45, 2.75) is 68.3 Å². The Bertz CT molecular complexity index is 2080. The summed E-state index contributed by atoms with van der Waals surface area (Å²) in [5.74, 6) is -4.59. The molecule has 10 N–H and O–H groups in total. The van der Waals surface area contributed by atoms with E-state index in [1.54, 1.807) is 0 Å². The number of aliphatic hydroxyl groups excluding tert-OH is 5. The van der Waals surface area contributed by atoms with Gasteiger partial charge < -0.3 is 79.2 Å². The third-order valence-electron chi connectivity index (χ3n) is 8.82. The van der Waals surface area contributed by atoms with Crippen LogP contribution >= 0.6 is 0 Å². The van der Waals surface area contributed by atoms with E-state index in [2.05, 4.69) is 0 Å². The molecule has 2 aliphatic rings. The van der Waals surface area contributed by atoms with E-state index in [0.29, 0.717) is 5.56 Å². The van der Waals surface area contributed by atoms with Crippen LogP contribution in [0.15, 0.2) is 69.9 Å². The second-order valence-corrected chi connectivity index (χ2v) is 12.6. The highest BCUT2D eigenvalue weighted by atomic mass is 16.7. The standard InChI is InChI=1S/C36H36O18/c1-14-26(43)28(45)30(47)35(50-14)49-13-23-33(53-24(42)9-4-15-2-6-17(37)7-3-15)29(46)31(48)36(52-23)54-34-27(44)25-21(41)11-18(38)12-22(25)51-32(34)16-5-8-19(39)20(40)10-16/h2-12,14,23,26,28-31,33,35-41,43,45-48H,13H2,1H3/b9-4+/t14-,23+,26-,28+,29+,30+,31+,33-,35-,36-/m0/s1. The van der Waals surface area contributed by atoms with Gasteiger partial charge in [0, 0.05) is 23.8 Å². The van der Waals surface area contributed by atoms with Gasteiger partial charge in [0.2, 0.25) is 17.5 Å². The number of hydrogen-bond acceptors (Lipinski definition) is 18. The zero-order chi connectivity index (χ0) is 39.0. The van der Waals surface area contributed by atoms with E-state index < -0.39 is 119 Å². The van der Waals surface area contributed by atoms with Crippen molar-refractivity contribution in [3.8, 4) is 45.8 Å². The van der Waals surface area contributed by atoms with Crippen molar-refractivity contribution >= 4 is 23.0 Å². The highest BCUT2D eigenvalue weighted by Gasteiger charge is 2.50. The molecule has 6 rings (SSSR count). The maximum Gasteiger partial charge on any atom is 0.331 e. The van der Waals surface area contributed by atoms with Crippen LogP contribution in [0.4, 0.5) is 0 Å². The Morgan fingerprint density at radius 2 is 1.46 bits per heavy atom. The zero-order valence-corrected chi connectivity index (χ0v) is 28.1. The molecular formula is C36H36O18. The Balaban J connectivity index is 1.34. The number of phenolic OH excluding ortho intramolecular Hbond substituents is 5. The van der Waals surface area contributed by atoms with E-state index in [-0.39, 0.29) is 16.9 Å². The van der Waals surface area contributed by atoms with E-state index >= 15 is 0 Å². The number of phenols is 5. The quantitative estimate of drug-likeness (QED) is 0.0623. The summed E-state index contributed by atoms with van der Waals surface area (Å²) in [6.45, 7) is 0.716. The lowest BCUT2D eigenvalue weighted by molar-refractivity contribution is -0.319. The van der Waals surface area contributed by atoms with E-state index in [4.69, 9.17) is 28.1 Å². The van der Waals surface area contributed by atoms with Gasteiger partial charge >= 0.3 is 5.97 Å². The molecule has 0 radical (unpaired) electrons. The summed E-state index contributed by atoms with van der Waals surface area (Å²) >= 11 is 0. The van der Waals surface area contributed by atoms with Crippen LogP contribution in [0.2, 0.25) is 0 Å². The Hall–Kier alpha value is -5.44. The number of rotatable bonds is 9. The number of hydrogen-bond donors (Lipinski definition) is 10. The van der Waals surface area contributed by atoms with Crippen LogP contribution in [0.3, 0.4) is 0 Å². The van der Waals surface area contributed by atoms with Crippen LogP contribution in [0.5, 0.6) is 34.5 Å². The van der Waals surface area contributed by atoms with Crippen molar-refractivity contribution in [3.63, 3.8) is 0 Å². The third kappa shape index (κ3) is 7.77. The molecule has 18 heteroatoms. The molecule has 288 valence electrons. The largest absolute Gasteiger partial charge is 0.508 e. The van der Waals surface area contributed by atoms with Gasteiger partial charge in [-0.15, -0.1) is 0 Å². The maximum atomic E-state index is 13.9. The fourth-order valence-corrected chi connectivity index (χ4v) is 5.89. The van der Waals surface area contributed by atoms with E-state index in [1.807, 2.05) is 0 Å². The molecule has 54 heavy (non-hydrogen) atoms. The highest BCUT2D eigenvalue weighted by molar-refractivity contribution is 5.88. The molecule has 1 aromatic heterocycles. The van der Waals surface area contributed by atoms with E-state index in [1.165, 1.54) is 43.3 Å². The minimum atomic E-state index is -2.08. The van der Waals surface area contributed by atoms with Crippen LogP contribution in [0.25, 0.3) is 28.4 Å². The lowest BCUT2D eigenvalue weighted by Crippen LogP contribution is -2.62. The van der Waals surface area contributed by atoms with E-state index in [9.17, 15) is 60.7 Å². The normalized spacial score (nSPS) is 28.6. The number of carbonyl (C=O) groups is 1. The molecule has 2 saturated heterocycles. The molecule has 10 atom stereocenters. The van der Waals surface area contributed by atoms with Gasteiger partial charge in [-0.2, -0.15) is 0 Å². The Kier molecular flexibility index (Phi) is 11.0. The summed E-state index contributed by atoms with van der Waals surface area (Å²) in [4.78, 5) is 26.8. The van der Waals surface area contributed by atoms with Crippen molar-refractivity contribution < 1.29 is 84.0 Å². The lowest BCUT2D eigenvalue weighted by atomic mass is 9.98. The van der Waals surface area contributed by atoms with Crippen molar-refractivity contribution in [1.29, 1.82) is 0 Å². The molecule has 18 nitrogen and oxygen atoms in total. The molecule has 0 unspecified atom stereocenters. The second-order valence-electron chi connectivity index (χ2n) is 12.6. The van der Waals surface area contributed by atoms with Crippen molar-refractivity contribution in [1.82, 2.24) is 0 Å². The Morgan fingerprint density at radius 3 is 2.17 bits per heavy atom. The van der Waals surface area contributed by atoms with Crippen molar-refractivity contribution in [3.05, 3.63) is 76.5 Å². The minimum absolute atomic E-state index is 0.0137. The first-order valence-corrected chi connectivity index (χ1v) is 16.3. The number of fused-ring (bicyclic) bond motifs is 1. The summed E-state index contributed by atoms with van der Waals surface area (Å²) in [6.07, 6.45) is -14.6. The molecule has 3 heterocycles. The SMILES string of the molecule is C[C@@H]1O[C@H](OC[C@H]2O[C@@H](Oc3c(-c4ccc(O)c(O)c4)oc4cc(O)cc(O)c4c3=O)[C@H](O)[C@@H](O)[C@H]2OC(=O)/C=C/c2ccc(O)cc2)[C@H](O)[C@H](O)[C@H]1O. The molecule has 0 saturated carbocycles. The molecule has 3 aromatic carbocycles. The van der Waals surface area contributed by atoms with Gasteiger partial charge in [-0.05, 0) is 48.9 Å². The van der Waals surface area contributed by atoms with Gasteiger partial charge in [0.25, 0.3) is 0 Å². The monoisotopic (exact) mass is 756 g/mol. The highest BCUT2D eigenvalue weighted by Crippen LogP contribution is 2.39. The fraction of sp³-hybridized carbons (Fsp3) is 0.333. The molecule has 2 fully saturated rings. The third-order valence-corrected chi connectivity index (χ3v) is 8.82. The number of esters is 1. The van der Waals surface area contributed by atoms with Crippen molar-refractivity contribution in [2.24, 2.45) is 0 Å². The second kappa shape index (κ2) is 15.5. The molecule has 4 aromatic rings. The van der Waals surface area contributed by atoms with Gasteiger partial charge in [0.1, 0.15) is 64.8 Å². The first-order chi connectivity index (χ1) is 25.6. The average Bonchev–Trinajstić information content (AvgIpc) is 3.13. The zero-order valence-electron chi connectivity index (χ0n) is 28.1. The molecule has 0 spiro atoms. The fourth-order valence-electron chi connectivity index (χ4n) is 5.89. The Morgan fingerprint density at radius 1 is 0.759 bits per heavy atom. The summed E-state index contributed by atoms with van der Waals surface area (Å²) in [5, 5.41) is 103.